The molecule has 0 radical (unpaired) electrons. The Morgan fingerprint density at radius 3 is 2.40 bits per heavy atom. The van der Waals surface area contributed by atoms with Gasteiger partial charge in [-0.15, -0.1) is 0 Å². The molecule has 0 unspecified atom stereocenters. The Bertz CT molecular complexity index is 767. The number of methoxy groups -OCH3 is 1. The summed E-state index contributed by atoms with van der Waals surface area (Å²) in [5, 5.41) is 7.86. The third-order valence-corrected chi connectivity index (χ3v) is 3.52. The molecule has 0 amide bonds. The highest BCUT2D eigenvalue weighted by molar-refractivity contribution is 6.36. The Balaban J connectivity index is 2.10. The molecule has 0 heterocycles. The van der Waals surface area contributed by atoms with Crippen molar-refractivity contribution in [1.82, 2.24) is 0 Å². The van der Waals surface area contributed by atoms with Gasteiger partial charge in [-0.2, -0.15) is 0 Å². The monoisotopic (exact) mass is 340 g/mol. The Morgan fingerprint density at radius 1 is 1.04 bits per heavy atom. The molecule has 6 nitrogen and oxygen atoms in total. The maximum absolute atomic E-state index is 11.2. The van der Waals surface area contributed by atoms with Crippen molar-refractivity contribution >= 4 is 17.7 Å². The fourth-order valence-corrected chi connectivity index (χ4v) is 2.21. The molecular weight excluding hydrogens is 320 g/mol. The lowest BCUT2D eigenvalue weighted by Gasteiger charge is -2.08. The van der Waals surface area contributed by atoms with Crippen LogP contribution in [0.1, 0.15) is 23.6 Å². The van der Waals surface area contributed by atoms with Gasteiger partial charge in [0.2, 0.25) is 0 Å². The molecule has 25 heavy (non-hydrogen) atoms. The molecule has 0 aliphatic carbocycles. The predicted molar refractivity (Wildman–Crippen MR) is 96.0 cm³/mol. The van der Waals surface area contributed by atoms with Crippen LogP contribution in [-0.2, 0) is 21.1 Å². The van der Waals surface area contributed by atoms with E-state index in [1.807, 2.05) is 49.4 Å². The summed E-state index contributed by atoms with van der Waals surface area (Å²) in [6.45, 7) is 2.07. The Kier molecular flexibility index (Phi) is 6.71. The van der Waals surface area contributed by atoms with Crippen LogP contribution in [0.3, 0.4) is 0 Å². The fourth-order valence-electron chi connectivity index (χ4n) is 2.21. The zero-order chi connectivity index (χ0) is 18.1. The number of carbonyl (C=O) groups is 1. The van der Waals surface area contributed by atoms with Crippen LogP contribution in [0.5, 0.6) is 5.75 Å². The van der Waals surface area contributed by atoms with Gasteiger partial charge in [-0.1, -0.05) is 34.6 Å². The van der Waals surface area contributed by atoms with Crippen molar-refractivity contribution in [3.63, 3.8) is 0 Å². The summed E-state index contributed by atoms with van der Waals surface area (Å²) in [5.41, 5.74) is 3.32. The first kappa shape index (κ1) is 18.2. The van der Waals surface area contributed by atoms with Gasteiger partial charge in [0.25, 0.3) is 0 Å². The van der Waals surface area contributed by atoms with E-state index in [4.69, 9.17) is 14.4 Å². The highest BCUT2D eigenvalue weighted by Gasteiger charge is 2.09. The number of hydrogen-bond acceptors (Lipinski definition) is 6. The van der Waals surface area contributed by atoms with Crippen molar-refractivity contribution in [2.45, 2.75) is 13.5 Å². The van der Waals surface area contributed by atoms with Crippen LogP contribution in [0.2, 0.25) is 0 Å². The van der Waals surface area contributed by atoms with Gasteiger partial charge in [0.05, 0.1) is 12.8 Å². The molecule has 130 valence electrons. The largest absolute Gasteiger partial charge is 0.497 e. The van der Waals surface area contributed by atoms with Gasteiger partial charge in [-0.3, -0.25) is 4.79 Å². The average molecular weight is 340 g/mol. The summed E-state index contributed by atoms with van der Waals surface area (Å²) < 4.78 is 5.13. The topological polar surface area (TPSA) is 69.5 Å². The molecule has 0 atom stereocenters. The summed E-state index contributed by atoms with van der Waals surface area (Å²) >= 11 is 0. The number of ether oxygens (including phenoxy) is 1. The standard InChI is InChI=1S/C19H20N2O4/c1-14(15-8-10-17(23-2)11-9-15)20-25-13-16-6-4-5-7-18(16)19(12-22)21-24-3/h4-12H,13H2,1-3H3. The van der Waals surface area contributed by atoms with Crippen molar-refractivity contribution in [3.8, 4) is 5.75 Å². The number of benzene rings is 2. The number of hydrogen-bond donors (Lipinski definition) is 0. The summed E-state index contributed by atoms with van der Waals surface area (Å²) in [7, 11) is 3.02. The van der Waals surface area contributed by atoms with E-state index in [1.54, 1.807) is 13.2 Å². The molecule has 0 aliphatic heterocycles. The van der Waals surface area contributed by atoms with E-state index >= 15 is 0 Å². The van der Waals surface area contributed by atoms with Crippen LogP contribution in [0.4, 0.5) is 0 Å². The third kappa shape index (κ3) is 4.91. The van der Waals surface area contributed by atoms with Gasteiger partial charge in [0, 0.05) is 11.1 Å². The van der Waals surface area contributed by atoms with Crippen molar-refractivity contribution in [2.24, 2.45) is 10.3 Å². The third-order valence-electron chi connectivity index (χ3n) is 3.52. The second-order valence-electron chi connectivity index (χ2n) is 5.11. The molecule has 2 rings (SSSR count). The van der Waals surface area contributed by atoms with Crippen molar-refractivity contribution in [3.05, 3.63) is 65.2 Å². The summed E-state index contributed by atoms with van der Waals surface area (Å²) in [4.78, 5) is 21.3. The van der Waals surface area contributed by atoms with Gasteiger partial charge in [-0.25, -0.2) is 0 Å². The van der Waals surface area contributed by atoms with Gasteiger partial charge >= 0.3 is 0 Å². The van der Waals surface area contributed by atoms with E-state index in [9.17, 15) is 4.79 Å². The Hall–Kier alpha value is -3.15. The first-order chi connectivity index (χ1) is 12.2. The smallest absolute Gasteiger partial charge is 0.172 e. The van der Waals surface area contributed by atoms with Gasteiger partial charge < -0.3 is 14.4 Å². The first-order valence-corrected chi connectivity index (χ1v) is 7.65. The second kappa shape index (κ2) is 9.22. The van der Waals surface area contributed by atoms with Crippen molar-refractivity contribution in [2.75, 3.05) is 14.2 Å². The van der Waals surface area contributed by atoms with E-state index in [2.05, 4.69) is 10.3 Å². The van der Waals surface area contributed by atoms with E-state index < -0.39 is 0 Å². The SMILES string of the molecule is CON=C(C=O)c1ccccc1CON=C(C)c1ccc(OC)cc1. The molecule has 0 bridgehead atoms. The molecule has 6 heteroatoms. The minimum Gasteiger partial charge on any atom is -0.497 e. The number of carbonyl (C=O) groups excluding carboxylic acids is 1. The maximum atomic E-state index is 11.2. The quantitative estimate of drug-likeness (QED) is 0.420. The van der Waals surface area contributed by atoms with Crippen LogP contribution in [0.25, 0.3) is 0 Å². The lowest BCUT2D eigenvalue weighted by atomic mass is 10.0. The minimum atomic E-state index is 0.206. The van der Waals surface area contributed by atoms with Crippen LogP contribution < -0.4 is 4.74 Å². The van der Waals surface area contributed by atoms with Crippen molar-refractivity contribution in [1.29, 1.82) is 0 Å². The molecule has 0 N–H and O–H groups in total. The minimum absolute atomic E-state index is 0.206. The highest BCUT2D eigenvalue weighted by Crippen LogP contribution is 2.14. The molecule has 0 aromatic heterocycles. The normalized spacial score (nSPS) is 11.8. The Morgan fingerprint density at radius 2 is 1.76 bits per heavy atom. The molecule has 2 aromatic carbocycles. The van der Waals surface area contributed by atoms with Crippen LogP contribution in [0.15, 0.2) is 58.8 Å². The van der Waals surface area contributed by atoms with Gasteiger partial charge in [0.15, 0.2) is 6.29 Å². The average Bonchev–Trinajstić information content (AvgIpc) is 2.66. The molecular formula is C19H20N2O4. The van der Waals surface area contributed by atoms with E-state index in [1.165, 1.54) is 7.11 Å². The number of nitrogens with zero attached hydrogens (tertiary/aromatic N) is 2. The highest BCUT2D eigenvalue weighted by atomic mass is 16.6. The summed E-state index contributed by atoms with van der Waals surface area (Å²) in [5.74, 6) is 0.783. The number of aldehydes is 1. The first-order valence-electron chi connectivity index (χ1n) is 7.65. The second-order valence-corrected chi connectivity index (χ2v) is 5.11. The van der Waals surface area contributed by atoms with E-state index in [0.717, 1.165) is 22.6 Å². The summed E-state index contributed by atoms with van der Waals surface area (Å²) in [6.07, 6.45) is 0.647. The molecule has 2 aromatic rings. The number of rotatable bonds is 8. The lowest BCUT2D eigenvalue weighted by molar-refractivity contribution is -0.102. The lowest BCUT2D eigenvalue weighted by Crippen LogP contribution is -2.07. The summed E-state index contributed by atoms with van der Waals surface area (Å²) in [6, 6.07) is 14.8. The molecule has 0 spiro atoms. The Labute approximate surface area is 146 Å². The molecule has 0 saturated heterocycles. The number of oxime groups is 2. The van der Waals surface area contributed by atoms with Crippen LogP contribution in [0, 0.1) is 0 Å². The maximum Gasteiger partial charge on any atom is 0.172 e. The van der Waals surface area contributed by atoms with Crippen molar-refractivity contribution < 1.29 is 19.2 Å². The molecule has 0 fully saturated rings. The van der Waals surface area contributed by atoms with Gasteiger partial charge in [0.1, 0.15) is 25.2 Å². The van der Waals surface area contributed by atoms with Crippen LogP contribution in [-0.4, -0.2) is 31.9 Å². The van der Waals surface area contributed by atoms with E-state index in [-0.39, 0.29) is 12.3 Å². The van der Waals surface area contributed by atoms with Crippen LogP contribution >= 0.6 is 0 Å². The predicted octanol–water partition coefficient (Wildman–Crippen LogP) is 3.19. The molecule has 0 aliphatic rings. The fraction of sp³-hybridized carbons (Fsp3) is 0.211. The van der Waals surface area contributed by atoms with E-state index in [0.29, 0.717) is 11.8 Å². The molecule has 0 saturated carbocycles. The zero-order valence-corrected chi connectivity index (χ0v) is 14.4. The zero-order valence-electron chi connectivity index (χ0n) is 14.4. The van der Waals surface area contributed by atoms with Gasteiger partial charge in [-0.05, 0) is 36.8 Å².